The van der Waals surface area contributed by atoms with Gasteiger partial charge in [0.05, 0.1) is 35.0 Å². The first-order valence-corrected chi connectivity index (χ1v) is 22.3. The Morgan fingerprint density at radius 2 is 1.75 bits per heavy atom. The van der Waals surface area contributed by atoms with Crippen molar-refractivity contribution in [2.75, 3.05) is 37.6 Å². The zero-order valence-corrected chi connectivity index (χ0v) is 35.2. The number of carbonyl (C=O) groups excluding carboxylic acids is 3. The second-order valence-electron chi connectivity index (χ2n) is 18.0. The molecule has 10 rings (SSSR count). The Morgan fingerprint density at radius 3 is 2.49 bits per heavy atom. The Balaban J connectivity index is 0.710. The first kappa shape index (κ1) is 41.2. The average molecular weight is 864 g/mol. The highest BCUT2D eigenvalue weighted by atomic mass is 19.3. The number of aryl methyl sites for hydroxylation is 1. The molecule has 5 fully saturated rings. The van der Waals surface area contributed by atoms with Crippen LogP contribution in [0.2, 0.25) is 0 Å². The van der Waals surface area contributed by atoms with E-state index in [-0.39, 0.29) is 54.0 Å². The van der Waals surface area contributed by atoms with Gasteiger partial charge in [-0.2, -0.15) is 5.10 Å². The first-order chi connectivity index (χ1) is 30.6. The van der Waals surface area contributed by atoms with Crippen LogP contribution in [0.25, 0.3) is 16.7 Å². The van der Waals surface area contributed by atoms with E-state index in [0.717, 1.165) is 102 Å². The number of imide groups is 1. The van der Waals surface area contributed by atoms with Crippen LogP contribution in [0, 0.1) is 29.6 Å². The molecule has 4 saturated heterocycles. The summed E-state index contributed by atoms with van der Waals surface area (Å²) in [7, 11) is 1.69. The average Bonchev–Trinajstić information content (AvgIpc) is 4.05. The van der Waals surface area contributed by atoms with Gasteiger partial charge >= 0.3 is 5.69 Å². The molecular weight excluding hydrogens is 813 g/mol. The number of morpholine rings is 1. The molecular formula is C45H51F2N11O5. The van der Waals surface area contributed by atoms with Crippen molar-refractivity contribution in [1.29, 1.82) is 0 Å². The number of hydrogen-bond acceptors (Lipinski definition) is 11. The molecule has 16 nitrogen and oxygen atoms in total. The van der Waals surface area contributed by atoms with Gasteiger partial charge in [-0.3, -0.25) is 33.8 Å². The summed E-state index contributed by atoms with van der Waals surface area (Å²) in [5.74, 6) is 6.82. The number of aliphatic imine (C=N–C) groups is 2. The topological polar surface area (TPSA) is 173 Å². The lowest BCUT2D eigenvalue weighted by Crippen LogP contribution is -2.44. The molecule has 6 aliphatic rings. The van der Waals surface area contributed by atoms with Gasteiger partial charge in [0.15, 0.2) is 11.5 Å². The van der Waals surface area contributed by atoms with E-state index in [1.807, 2.05) is 24.3 Å². The monoisotopic (exact) mass is 863 g/mol. The van der Waals surface area contributed by atoms with Crippen molar-refractivity contribution < 1.29 is 27.9 Å². The Bertz CT molecular complexity index is 2630. The third-order valence-electron chi connectivity index (χ3n) is 14.0. The predicted molar refractivity (Wildman–Crippen MR) is 230 cm³/mol. The summed E-state index contributed by atoms with van der Waals surface area (Å²) in [6.07, 6.45) is 8.84. The van der Waals surface area contributed by atoms with Crippen molar-refractivity contribution >= 4 is 51.8 Å². The van der Waals surface area contributed by atoms with Crippen LogP contribution in [0.15, 0.2) is 51.4 Å². The fourth-order valence-electron chi connectivity index (χ4n) is 10.5. The van der Waals surface area contributed by atoms with Crippen molar-refractivity contribution in [3.05, 3.63) is 58.3 Å². The summed E-state index contributed by atoms with van der Waals surface area (Å²) >= 11 is 0. The number of piperidine rings is 2. The minimum Gasteiger partial charge on any atom is -0.371 e. The summed E-state index contributed by atoms with van der Waals surface area (Å²) in [4.78, 5) is 69.6. The van der Waals surface area contributed by atoms with E-state index < -0.39 is 36.2 Å². The fraction of sp³-hybridized carbons (Fsp3) is 0.556. The number of nitrogens with one attached hydrogen (secondary N) is 2. The van der Waals surface area contributed by atoms with Crippen molar-refractivity contribution in [3.63, 3.8) is 0 Å². The molecule has 5 aliphatic heterocycles. The Morgan fingerprint density at radius 1 is 0.968 bits per heavy atom. The number of rotatable bonds is 8. The van der Waals surface area contributed by atoms with Gasteiger partial charge in [-0.15, -0.1) is 0 Å². The van der Waals surface area contributed by atoms with Crippen LogP contribution in [0.1, 0.15) is 92.6 Å². The number of aromatic nitrogens is 5. The van der Waals surface area contributed by atoms with E-state index in [1.165, 1.54) is 19.8 Å². The summed E-state index contributed by atoms with van der Waals surface area (Å²) < 4.78 is 39.1. The van der Waals surface area contributed by atoms with Gasteiger partial charge in [0.25, 0.3) is 12.3 Å². The van der Waals surface area contributed by atoms with E-state index in [2.05, 4.69) is 47.4 Å². The number of benzene rings is 1. The molecule has 1 saturated carbocycles. The summed E-state index contributed by atoms with van der Waals surface area (Å²) in [5, 5.41) is 9.28. The third kappa shape index (κ3) is 8.16. The molecule has 2 N–H and O–H groups in total. The first-order valence-electron chi connectivity index (χ1n) is 22.3. The minimum absolute atomic E-state index is 0.0167. The van der Waals surface area contributed by atoms with Crippen LogP contribution >= 0.6 is 0 Å². The van der Waals surface area contributed by atoms with E-state index >= 15 is 0 Å². The zero-order valence-electron chi connectivity index (χ0n) is 35.2. The number of likely N-dealkylation sites (tertiary alicyclic amines) is 1. The second kappa shape index (κ2) is 17.1. The SMILES string of the molecule is Cn1c(=O)n(C2CCC(=O)NC2=O)c2cccc(C#CCC3CCN(CC4CCC(C5N=C(NC(=O)c6cnn7ccc(N8C[C@H]9CC[C@@H](C8)O9)nc67)C(C(F)F)=N5)CC4)CC3)c21. The lowest BCUT2D eigenvalue weighted by Gasteiger charge is -2.36. The summed E-state index contributed by atoms with van der Waals surface area (Å²) in [6.45, 7) is 4.41. The van der Waals surface area contributed by atoms with Crippen LogP contribution in [0.4, 0.5) is 14.6 Å². The van der Waals surface area contributed by atoms with Gasteiger partial charge < -0.3 is 19.9 Å². The molecule has 4 aromatic rings. The van der Waals surface area contributed by atoms with Crippen LogP contribution < -0.4 is 21.2 Å². The number of anilines is 1. The molecule has 0 spiro atoms. The second-order valence-corrected chi connectivity index (χ2v) is 18.0. The number of para-hydroxylation sites is 1. The smallest absolute Gasteiger partial charge is 0.329 e. The van der Waals surface area contributed by atoms with Gasteiger partial charge in [0.2, 0.25) is 11.8 Å². The van der Waals surface area contributed by atoms with E-state index in [0.29, 0.717) is 28.5 Å². The third-order valence-corrected chi connectivity index (χ3v) is 14.0. The number of halogens is 2. The fourth-order valence-corrected chi connectivity index (χ4v) is 10.5. The number of carbonyl (C=O) groups is 3. The summed E-state index contributed by atoms with van der Waals surface area (Å²) in [5.41, 5.74) is 1.76. The number of amidine groups is 1. The number of ether oxygens (including phenoxy) is 1. The van der Waals surface area contributed by atoms with Crippen LogP contribution in [0.3, 0.4) is 0 Å². The van der Waals surface area contributed by atoms with Crippen molar-refractivity contribution in [2.45, 2.75) is 101 Å². The van der Waals surface area contributed by atoms with Gasteiger partial charge in [-0.1, -0.05) is 17.9 Å². The minimum atomic E-state index is -2.88. The normalized spacial score (nSPS) is 26.8. The molecule has 1 aliphatic carbocycles. The van der Waals surface area contributed by atoms with Crippen LogP contribution in [-0.2, 0) is 21.4 Å². The molecule has 2 unspecified atom stereocenters. The lowest BCUT2D eigenvalue weighted by molar-refractivity contribution is -0.135. The molecule has 3 amide bonds. The standard InChI is InChI=1S/C45H51F2N11O5/c1-54-38-28(6-3-7-33(38)58(45(54)62)34-14-15-36(59)50-44(34)61)5-2-4-26-16-19-55(20-17-26)23-27-8-10-29(11-9-27)40-51-37(39(46)47)41(52-40)53-43(60)32-22-48-57-21-18-35(49-42(32)57)56-24-30-12-13-31(25-56)63-30/h3,6-7,18,21-22,26-27,29-31,34,39-40H,4,8-17,19-20,23-25H2,1H3,(H,50,59,61)(H,52,53,60)/t27?,29?,30-,31+,34?,40?. The van der Waals surface area contributed by atoms with Crippen molar-refractivity contribution in [2.24, 2.45) is 34.8 Å². The predicted octanol–water partition coefficient (Wildman–Crippen LogP) is 3.86. The zero-order chi connectivity index (χ0) is 43.4. The van der Waals surface area contributed by atoms with Gasteiger partial charge in [0.1, 0.15) is 29.3 Å². The number of fused-ring (bicyclic) bond motifs is 4. The van der Waals surface area contributed by atoms with Crippen LogP contribution in [-0.4, -0.2) is 115 Å². The maximum Gasteiger partial charge on any atom is 0.329 e. The van der Waals surface area contributed by atoms with Gasteiger partial charge in [0, 0.05) is 51.6 Å². The number of amides is 3. The molecule has 63 heavy (non-hydrogen) atoms. The maximum absolute atomic E-state index is 14.3. The molecule has 3 aromatic heterocycles. The van der Waals surface area contributed by atoms with E-state index in [1.54, 1.807) is 13.2 Å². The molecule has 0 radical (unpaired) electrons. The quantitative estimate of drug-likeness (QED) is 0.197. The van der Waals surface area contributed by atoms with Crippen molar-refractivity contribution in [1.82, 2.24) is 39.3 Å². The number of imidazole rings is 1. The number of alkyl halides is 2. The number of hydrogen-bond donors (Lipinski definition) is 2. The van der Waals surface area contributed by atoms with Gasteiger partial charge in [-0.25, -0.2) is 28.1 Å². The molecule has 4 atom stereocenters. The molecule has 330 valence electrons. The largest absolute Gasteiger partial charge is 0.371 e. The molecule has 1 aromatic carbocycles. The van der Waals surface area contributed by atoms with E-state index in [9.17, 15) is 28.0 Å². The molecule has 18 heteroatoms. The van der Waals surface area contributed by atoms with Crippen LogP contribution in [0.5, 0.6) is 0 Å². The highest BCUT2D eigenvalue weighted by molar-refractivity contribution is 6.46. The summed E-state index contributed by atoms with van der Waals surface area (Å²) in [6, 6.07) is 6.68. The van der Waals surface area contributed by atoms with Crippen molar-refractivity contribution in [3.8, 4) is 11.8 Å². The lowest BCUT2D eigenvalue weighted by atomic mass is 9.80. The Kier molecular flexibility index (Phi) is 11.2. The number of nitrogens with zero attached hydrogens (tertiary/aromatic N) is 9. The Hall–Kier alpha value is -5.80. The van der Waals surface area contributed by atoms with E-state index in [4.69, 9.17) is 9.72 Å². The van der Waals surface area contributed by atoms with Gasteiger partial charge in [-0.05, 0) is 101 Å². The molecule has 2 bridgehead atoms. The highest BCUT2D eigenvalue weighted by Gasteiger charge is 2.38. The maximum atomic E-state index is 14.3. The highest BCUT2D eigenvalue weighted by Crippen LogP contribution is 2.36. The molecule has 8 heterocycles. The Labute approximate surface area is 362 Å².